The molecule has 0 aliphatic heterocycles. The molecule has 3 aromatic carbocycles. The maximum atomic E-state index is 13.7. The number of hydrogen-bond acceptors (Lipinski definition) is 6. The van der Waals surface area contributed by atoms with E-state index in [0.717, 1.165) is 40.8 Å². The highest BCUT2D eigenvalue weighted by atomic mass is 19.1. The summed E-state index contributed by atoms with van der Waals surface area (Å²) in [6, 6.07) is 28.1. The van der Waals surface area contributed by atoms with Gasteiger partial charge in [0.25, 0.3) is 0 Å². The van der Waals surface area contributed by atoms with Gasteiger partial charge in [-0.1, -0.05) is 71.9 Å². The topological polar surface area (TPSA) is 77.2 Å². The third-order valence-electron chi connectivity index (χ3n) is 7.32. The van der Waals surface area contributed by atoms with Crippen LogP contribution in [0.3, 0.4) is 0 Å². The van der Waals surface area contributed by atoms with Crippen LogP contribution in [0, 0.1) is 12.7 Å². The van der Waals surface area contributed by atoms with Crippen molar-refractivity contribution in [1.29, 1.82) is 0 Å². The van der Waals surface area contributed by atoms with Crippen molar-refractivity contribution in [3.05, 3.63) is 108 Å². The van der Waals surface area contributed by atoms with Gasteiger partial charge in [0.15, 0.2) is 5.76 Å². The van der Waals surface area contributed by atoms with Crippen LogP contribution in [-0.4, -0.2) is 22.7 Å². The SMILES string of the molecule is CCOC(=O)C1(c2ccc(-c3ccc(-c4onc(C)c4Nc4cccc(-c5cccc(F)c5)n4)cc3)cc2)CC1. The summed E-state index contributed by atoms with van der Waals surface area (Å²) >= 11 is 0. The first kappa shape index (κ1) is 25.5. The van der Waals surface area contributed by atoms with Crippen molar-refractivity contribution in [2.24, 2.45) is 0 Å². The summed E-state index contributed by atoms with van der Waals surface area (Å²) < 4.78 is 24.7. The number of nitrogens with one attached hydrogen (secondary N) is 1. The molecule has 2 heterocycles. The molecule has 1 N–H and O–H groups in total. The van der Waals surface area contributed by atoms with Crippen molar-refractivity contribution < 1.29 is 18.4 Å². The molecule has 2 aromatic heterocycles. The number of esters is 1. The van der Waals surface area contributed by atoms with E-state index in [2.05, 4.69) is 15.5 Å². The lowest BCUT2D eigenvalue weighted by molar-refractivity contribution is -0.146. The minimum atomic E-state index is -0.475. The Hall–Kier alpha value is -4.78. The molecule has 200 valence electrons. The number of benzene rings is 3. The second-order valence-electron chi connectivity index (χ2n) is 9.97. The molecule has 1 saturated carbocycles. The van der Waals surface area contributed by atoms with Gasteiger partial charge >= 0.3 is 5.97 Å². The summed E-state index contributed by atoms with van der Waals surface area (Å²) in [6.45, 7) is 4.10. The third kappa shape index (κ3) is 4.86. The van der Waals surface area contributed by atoms with Gasteiger partial charge in [0.1, 0.15) is 23.0 Å². The maximum absolute atomic E-state index is 13.7. The van der Waals surface area contributed by atoms with E-state index in [1.165, 1.54) is 12.1 Å². The van der Waals surface area contributed by atoms with Crippen molar-refractivity contribution in [3.63, 3.8) is 0 Å². The van der Waals surface area contributed by atoms with Gasteiger partial charge in [-0.3, -0.25) is 4.79 Å². The molecule has 0 saturated heterocycles. The van der Waals surface area contributed by atoms with Gasteiger partial charge in [-0.25, -0.2) is 9.37 Å². The fourth-order valence-electron chi connectivity index (χ4n) is 4.96. The molecule has 0 unspecified atom stereocenters. The highest BCUT2D eigenvalue weighted by Gasteiger charge is 2.52. The molecular formula is C33H28FN3O3. The minimum Gasteiger partial charge on any atom is -0.465 e. The van der Waals surface area contributed by atoms with E-state index >= 15 is 0 Å². The number of carbonyl (C=O) groups is 1. The van der Waals surface area contributed by atoms with E-state index in [0.29, 0.717) is 35.1 Å². The Kier molecular flexibility index (Phi) is 6.64. The molecule has 40 heavy (non-hydrogen) atoms. The van der Waals surface area contributed by atoms with Crippen molar-refractivity contribution in [2.75, 3.05) is 11.9 Å². The molecule has 6 nitrogen and oxygen atoms in total. The molecule has 7 heteroatoms. The van der Waals surface area contributed by atoms with Crippen LogP contribution in [0.4, 0.5) is 15.9 Å². The van der Waals surface area contributed by atoms with Gasteiger partial charge in [0.05, 0.1) is 17.7 Å². The Balaban J connectivity index is 1.22. The Morgan fingerprint density at radius 1 is 0.925 bits per heavy atom. The average Bonchev–Trinajstić information content (AvgIpc) is 3.72. The highest BCUT2D eigenvalue weighted by Crippen LogP contribution is 2.49. The lowest BCUT2D eigenvalue weighted by Crippen LogP contribution is -2.23. The number of anilines is 2. The Labute approximate surface area is 231 Å². The molecule has 6 rings (SSSR count). The number of pyridine rings is 1. The summed E-state index contributed by atoms with van der Waals surface area (Å²) in [4.78, 5) is 17.1. The third-order valence-corrected chi connectivity index (χ3v) is 7.32. The number of aryl methyl sites for hydroxylation is 1. The van der Waals surface area contributed by atoms with Crippen LogP contribution >= 0.6 is 0 Å². The van der Waals surface area contributed by atoms with Crippen LogP contribution in [0.15, 0.2) is 95.5 Å². The van der Waals surface area contributed by atoms with Crippen molar-refractivity contribution in [2.45, 2.75) is 32.1 Å². The van der Waals surface area contributed by atoms with Crippen LogP contribution in [0.2, 0.25) is 0 Å². The van der Waals surface area contributed by atoms with Gasteiger partial charge in [-0.2, -0.15) is 0 Å². The normalized spacial score (nSPS) is 13.6. The number of hydrogen-bond donors (Lipinski definition) is 1. The van der Waals surface area contributed by atoms with E-state index in [-0.39, 0.29) is 11.8 Å². The van der Waals surface area contributed by atoms with Crippen molar-refractivity contribution >= 4 is 17.5 Å². The first-order valence-electron chi connectivity index (χ1n) is 13.3. The van der Waals surface area contributed by atoms with Gasteiger partial charge in [-0.15, -0.1) is 0 Å². The fraction of sp³-hybridized carbons (Fsp3) is 0.182. The zero-order chi connectivity index (χ0) is 27.7. The van der Waals surface area contributed by atoms with E-state index in [4.69, 9.17) is 9.26 Å². The Bertz CT molecular complexity index is 1670. The lowest BCUT2D eigenvalue weighted by atomic mass is 9.93. The van der Waals surface area contributed by atoms with Gasteiger partial charge in [-0.05, 0) is 67.6 Å². The molecule has 0 radical (unpaired) electrons. The Morgan fingerprint density at radius 3 is 2.27 bits per heavy atom. The molecule has 0 bridgehead atoms. The summed E-state index contributed by atoms with van der Waals surface area (Å²) in [5.74, 6) is 0.761. The smallest absolute Gasteiger partial charge is 0.316 e. The van der Waals surface area contributed by atoms with Crippen LogP contribution in [0.25, 0.3) is 33.7 Å². The van der Waals surface area contributed by atoms with E-state index in [1.807, 2.05) is 86.6 Å². The molecule has 0 spiro atoms. The van der Waals surface area contributed by atoms with Crippen LogP contribution in [0.1, 0.15) is 31.0 Å². The largest absolute Gasteiger partial charge is 0.465 e. The Morgan fingerprint density at radius 2 is 1.60 bits per heavy atom. The molecule has 1 fully saturated rings. The van der Waals surface area contributed by atoms with Gasteiger partial charge < -0.3 is 14.6 Å². The molecule has 1 aliphatic carbocycles. The first-order valence-corrected chi connectivity index (χ1v) is 13.3. The van der Waals surface area contributed by atoms with Gasteiger partial charge in [0.2, 0.25) is 0 Å². The summed E-state index contributed by atoms with van der Waals surface area (Å²) in [7, 11) is 0. The first-order chi connectivity index (χ1) is 19.5. The number of halogens is 1. The summed E-state index contributed by atoms with van der Waals surface area (Å²) in [6.07, 6.45) is 1.66. The standard InChI is InChI=1S/C33H28FN3O3/c1-3-39-32(38)33(18-19-33)26-16-14-23(15-17-26)22-10-12-24(13-11-22)31-30(21(2)37-40-31)36-29-9-5-8-28(35-29)25-6-4-7-27(34)20-25/h4-17,20H,3,18-19H2,1-2H3,(H,35,36). The second kappa shape index (κ2) is 10.4. The van der Waals surface area contributed by atoms with E-state index < -0.39 is 5.41 Å². The molecule has 1 aliphatic rings. The fourth-order valence-corrected chi connectivity index (χ4v) is 4.96. The maximum Gasteiger partial charge on any atom is 0.316 e. The van der Waals surface area contributed by atoms with Crippen molar-refractivity contribution in [1.82, 2.24) is 10.1 Å². The molecule has 0 atom stereocenters. The number of ether oxygens (including phenoxy) is 1. The molecule has 5 aromatic rings. The van der Waals surface area contributed by atoms with Crippen molar-refractivity contribution in [3.8, 4) is 33.7 Å². The number of nitrogens with zero attached hydrogens (tertiary/aromatic N) is 2. The number of rotatable bonds is 8. The average molecular weight is 534 g/mol. The molecule has 0 amide bonds. The van der Waals surface area contributed by atoms with Crippen LogP contribution < -0.4 is 5.32 Å². The predicted octanol–water partition coefficient (Wildman–Crippen LogP) is 7.86. The number of aromatic nitrogens is 2. The molecular weight excluding hydrogens is 505 g/mol. The predicted molar refractivity (Wildman–Crippen MR) is 153 cm³/mol. The number of carbonyl (C=O) groups excluding carboxylic acids is 1. The minimum absolute atomic E-state index is 0.130. The summed E-state index contributed by atoms with van der Waals surface area (Å²) in [5.41, 5.74) is 6.27. The lowest BCUT2D eigenvalue weighted by Gasteiger charge is -2.14. The van der Waals surface area contributed by atoms with Crippen LogP contribution in [0.5, 0.6) is 0 Å². The quantitative estimate of drug-likeness (QED) is 0.205. The highest BCUT2D eigenvalue weighted by molar-refractivity contribution is 5.87. The van der Waals surface area contributed by atoms with Gasteiger partial charge in [0, 0.05) is 11.1 Å². The second-order valence-corrected chi connectivity index (χ2v) is 9.97. The zero-order valence-electron chi connectivity index (χ0n) is 22.3. The van der Waals surface area contributed by atoms with Crippen LogP contribution in [-0.2, 0) is 14.9 Å². The van der Waals surface area contributed by atoms with E-state index in [1.54, 1.807) is 6.07 Å². The van der Waals surface area contributed by atoms with E-state index in [9.17, 15) is 9.18 Å². The monoisotopic (exact) mass is 533 g/mol. The summed E-state index contributed by atoms with van der Waals surface area (Å²) in [5, 5.41) is 7.51. The zero-order valence-corrected chi connectivity index (χ0v) is 22.3.